The molecule has 1 aliphatic rings. The Morgan fingerprint density at radius 1 is 1.13 bits per heavy atom. The first-order valence-corrected chi connectivity index (χ1v) is 10.2. The van der Waals surface area contributed by atoms with Gasteiger partial charge >= 0.3 is 0 Å². The Bertz CT molecular complexity index is 1040. The topological polar surface area (TPSA) is 104 Å². The largest absolute Gasteiger partial charge is 0.399 e. The maximum atomic E-state index is 12.7. The van der Waals surface area contributed by atoms with Gasteiger partial charge in [-0.15, -0.1) is 0 Å². The van der Waals surface area contributed by atoms with Crippen LogP contribution < -0.4 is 11.1 Å². The molecular weight excluding hydrogens is 378 g/mol. The van der Waals surface area contributed by atoms with Gasteiger partial charge in [0.05, 0.1) is 11.4 Å². The number of aromatic nitrogens is 2. The fourth-order valence-corrected chi connectivity index (χ4v) is 3.77. The van der Waals surface area contributed by atoms with E-state index in [9.17, 15) is 9.59 Å². The second-order valence-corrected chi connectivity index (χ2v) is 7.45. The van der Waals surface area contributed by atoms with Gasteiger partial charge in [0.15, 0.2) is 0 Å². The zero-order valence-electron chi connectivity index (χ0n) is 16.9. The summed E-state index contributed by atoms with van der Waals surface area (Å²) in [6, 6.07) is 16.7. The molecule has 1 aromatic heterocycles. The van der Waals surface area contributed by atoms with Crippen molar-refractivity contribution in [1.82, 2.24) is 15.1 Å². The summed E-state index contributed by atoms with van der Waals surface area (Å²) in [4.78, 5) is 26.4. The van der Waals surface area contributed by atoms with Gasteiger partial charge in [-0.1, -0.05) is 31.2 Å². The summed E-state index contributed by atoms with van der Waals surface area (Å²) in [5.41, 5.74) is 10.8. The van der Waals surface area contributed by atoms with Crippen LogP contribution in [0.15, 0.2) is 54.6 Å². The van der Waals surface area contributed by atoms with Gasteiger partial charge in [-0.05, 0) is 48.7 Å². The highest BCUT2D eigenvalue weighted by Crippen LogP contribution is 2.26. The van der Waals surface area contributed by atoms with Crippen molar-refractivity contribution < 1.29 is 9.59 Å². The van der Waals surface area contributed by atoms with E-state index in [1.807, 2.05) is 61.5 Å². The summed E-state index contributed by atoms with van der Waals surface area (Å²) in [5, 5.41) is 10.4. The number of nitrogens with one attached hydrogen (secondary N) is 2. The van der Waals surface area contributed by atoms with Crippen LogP contribution in [0.25, 0.3) is 22.5 Å². The molecule has 0 spiro atoms. The van der Waals surface area contributed by atoms with E-state index in [-0.39, 0.29) is 17.9 Å². The van der Waals surface area contributed by atoms with Gasteiger partial charge in [0.2, 0.25) is 11.8 Å². The number of H-pyrrole nitrogens is 1. The van der Waals surface area contributed by atoms with E-state index in [4.69, 9.17) is 5.73 Å². The van der Waals surface area contributed by atoms with Crippen LogP contribution in [-0.4, -0.2) is 39.5 Å². The number of aromatic amines is 1. The number of rotatable bonds is 5. The molecule has 154 valence electrons. The molecule has 0 aliphatic carbocycles. The van der Waals surface area contributed by atoms with Crippen molar-refractivity contribution in [1.29, 1.82) is 0 Å². The molecule has 1 atom stereocenters. The van der Waals surface area contributed by atoms with Crippen molar-refractivity contribution in [3.63, 3.8) is 0 Å². The highest BCUT2D eigenvalue weighted by Gasteiger charge is 2.33. The second kappa shape index (κ2) is 8.41. The first-order chi connectivity index (χ1) is 14.5. The van der Waals surface area contributed by atoms with E-state index in [2.05, 4.69) is 15.5 Å². The molecule has 4 rings (SSSR count). The first kappa shape index (κ1) is 19.7. The lowest BCUT2D eigenvalue weighted by Crippen LogP contribution is -2.42. The summed E-state index contributed by atoms with van der Waals surface area (Å²) in [7, 11) is 0. The van der Waals surface area contributed by atoms with Gasteiger partial charge in [-0.25, -0.2) is 0 Å². The number of benzene rings is 2. The summed E-state index contributed by atoms with van der Waals surface area (Å²) in [6.07, 6.45) is 1.98. The first-order valence-electron chi connectivity index (χ1n) is 10.2. The Morgan fingerprint density at radius 3 is 2.53 bits per heavy atom. The van der Waals surface area contributed by atoms with Crippen molar-refractivity contribution in [2.75, 3.05) is 17.6 Å². The molecule has 0 radical (unpaired) electrons. The van der Waals surface area contributed by atoms with E-state index in [0.717, 1.165) is 34.6 Å². The van der Waals surface area contributed by atoms with Crippen molar-refractivity contribution in [3.8, 4) is 22.5 Å². The Balaban J connectivity index is 1.44. The van der Waals surface area contributed by atoms with Crippen molar-refractivity contribution in [2.45, 2.75) is 32.2 Å². The summed E-state index contributed by atoms with van der Waals surface area (Å²) in [6.45, 7) is 2.47. The molecule has 2 heterocycles. The Labute approximate surface area is 175 Å². The quantitative estimate of drug-likeness (QED) is 0.566. The zero-order chi connectivity index (χ0) is 21.1. The SMILES string of the molecule is CCC(=O)N1CCC[C@H]1C(=O)Nc1ccc(-c2cc(-c3ccc(N)cc3)[nH]n2)cc1. The van der Waals surface area contributed by atoms with Crippen LogP contribution in [0.3, 0.4) is 0 Å². The van der Waals surface area contributed by atoms with Crippen LogP contribution >= 0.6 is 0 Å². The third-order valence-electron chi connectivity index (χ3n) is 5.43. The minimum Gasteiger partial charge on any atom is -0.399 e. The van der Waals surface area contributed by atoms with Crippen LogP contribution in [0.1, 0.15) is 26.2 Å². The lowest BCUT2D eigenvalue weighted by Gasteiger charge is -2.23. The van der Waals surface area contributed by atoms with Crippen LogP contribution in [0.4, 0.5) is 11.4 Å². The monoisotopic (exact) mass is 403 g/mol. The maximum Gasteiger partial charge on any atom is 0.247 e. The highest BCUT2D eigenvalue weighted by molar-refractivity contribution is 5.97. The average molecular weight is 403 g/mol. The van der Waals surface area contributed by atoms with Crippen LogP contribution in [0, 0.1) is 0 Å². The third-order valence-corrected chi connectivity index (χ3v) is 5.43. The van der Waals surface area contributed by atoms with Gasteiger partial charge in [0.25, 0.3) is 0 Å². The number of nitrogens with zero attached hydrogens (tertiary/aromatic N) is 2. The Hall–Kier alpha value is -3.61. The van der Waals surface area contributed by atoms with E-state index in [0.29, 0.717) is 25.1 Å². The molecule has 2 aromatic carbocycles. The van der Waals surface area contributed by atoms with Crippen molar-refractivity contribution in [2.24, 2.45) is 0 Å². The van der Waals surface area contributed by atoms with E-state index >= 15 is 0 Å². The standard InChI is InChI=1S/C23H25N5O2/c1-2-22(29)28-13-3-4-21(28)23(30)25-18-11-7-16(8-12-18)20-14-19(26-27-20)15-5-9-17(24)10-6-15/h5-12,14,21H,2-4,13,24H2,1H3,(H,25,30)(H,26,27)/t21-/m0/s1. The van der Waals surface area contributed by atoms with Crippen molar-refractivity contribution in [3.05, 3.63) is 54.6 Å². The Morgan fingerprint density at radius 2 is 1.83 bits per heavy atom. The third kappa shape index (κ3) is 4.05. The number of nitrogens with two attached hydrogens (primary N) is 1. The van der Waals surface area contributed by atoms with Crippen LogP contribution in [0.2, 0.25) is 0 Å². The van der Waals surface area contributed by atoms with Gasteiger partial charge in [-0.3, -0.25) is 14.7 Å². The number of likely N-dealkylation sites (tertiary alicyclic amines) is 1. The number of hydrogen-bond donors (Lipinski definition) is 3. The van der Waals surface area contributed by atoms with Gasteiger partial charge in [0.1, 0.15) is 6.04 Å². The molecule has 1 fully saturated rings. The van der Waals surface area contributed by atoms with Gasteiger partial charge in [0, 0.05) is 29.9 Å². The molecule has 0 bridgehead atoms. The molecule has 0 saturated carbocycles. The summed E-state index contributed by atoms with van der Waals surface area (Å²) < 4.78 is 0. The number of nitrogen functional groups attached to an aromatic ring is 1. The van der Waals surface area contributed by atoms with E-state index in [1.165, 1.54) is 0 Å². The fraction of sp³-hybridized carbons (Fsp3) is 0.261. The molecule has 2 amide bonds. The highest BCUT2D eigenvalue weighted by atomic mass is 16.2. The summed E-state index contributed by atoms with van der Waals surface area (Å²) >= 11 is 0. The predicted molar refractivity (Wildman–Crippen MR) is 118 cm³/mol. The molecule has 0 unspecified atom stereocenters. The molecular formula is C23H25N5O2. The number of carbonyl (C=O) groups is 2. The minimum atomic E-state index is -0.383. The number of anilines is 2. The zero-order valence-corrected chi connectivity index (χ0v) is 16.9. The molecule has 1 aliphatic heterocycles. The van der Waals surface area contributed by atoms with Crippen LogP contribution in [0.5, 0.6) is 0 Å². The normalized spacial score (nSPS) is 15.9. The Kier molecular flexibility index (Phi) is 5.52. The molecule has 1 saturated heterocycles. The molecule has 3 aromatic rings. The smallest absolute Gasteiger partial charge is 0.247 e. The maximum absolute atomic E-state index is 12.7. The molecule has 7 nitrogen and oxygen atoms in total. The van der Waals surface area contributed by atoms with E-state index in [1.54, 1.807) is 4.90 Å². The van der Waals surface area contributed by atoms with E-state index < -0.39 is 0 Å². The van der Waals surface area contributed by atoms with Gasteiger partial charge < -0.3 is 16.0 Å². The lowest BCUT2D eigenvalue weighted by atomic mass is 10.1. The van der Waals surface area contributed by atoms with Crippen LogP contribution in [-0.2, 0) is 9.59 Å². The molecule has 30 heavy (non-hydrogen) atoms. The second-order valence-electron chi connectivity index (χ2n) is 7.45. The number of amides is 2. The summed E-state index contributed by atoms with van der Waals surface area (Å²) in [5.74, 6) is -0.106. The number of hydrogen-bond acceptors (Lipinski definition) is 4. The average Bonchev–Trinajstić information content (AvgIpc) is 3.44. The molecule has 4 N–H and O–H groups in total. The predicted octanol–water partition coefficient (Wildman–Crippen LogP) is 3.67. The lowest BCUT2D eigenvalue weighted by molar-refractivity contribution is -0.136. The van der Waals surface area contributed by atoms with Gasteiger partial charge in [-0.2, -0.15) is 5.10 Å². The van der Waals surface area contributed by atoms with Crippen molar-refractivity contribution >= 4 is 23.2 Å². The minimum absolute atomic E-state index is 0.0263. The molecule has 7 heteroatoms. The fourth-order valence-electron chi connectivity index (χ4n) is 3.77. The number of carbonyl (C=O) groups excluding carboxylic acids is 2.